The quantitative estimate of drug-likeness (QED) is 0.377. The Morgan fingerprint density at radius 2 is 1.76 bits per heavy atom. The molecule has 2 aliphatic carbocycles. The molecule has 2 aromatic rings. The second kappa shape index (κ2) is 10.2. The van der Waals surface area contributed by atoms with Gasteiger partial charge in [0.25, 0.3) is 0 Å². The third-order valence-electron chi connectivity index (χ3n) is 9.15. The van der Waals surface area contributed by atoms with Crippen molar-refractivity contribution >= 4 is 24.0 Å². The topological polar surface area (TPSA) is 131 Å². The highest BCUT2D eigenvalue weighted by Crippen LogP contribution is 2.65. The minimum absolute atomic E-state index is 0.00533. The van der Waals surface area contributed by atoms with E-state index in [4.69, 9.17) is 23.4 Å². The van der Waals surface area contributed by atoms with Crippen LogP contribution in [-0.4, -0.2) is 47.3 Å². The average Bonchev–Trinajstić information content (AvgIpc) is 2.90. The fourth-order valence-corrected chi connectivity index (χ4v) is 7.27. The molecule has 0 amide bonds. The van der Waals surface area contributed by atoms with Crippen molar-refractivity contribution in [3.63, 3.8) is 0 Å². The summed E-state index contributed by atoms with van der Waals surface area (Å²) in [6, 6.07) is 5.18. The molecule has 3 aliphatic rings. The zero-order valence-corrected chi connectivity index (χ0v) is 24.1. The Kier molecular flexibility index (Phi) is 7.07. The average molecular weight is 566 g/mol. The van der Waals surface area contributed by atoms with Crippen molar-refractivity contribution in [1.82, 2.24) is 4.98 Å². The summed E-state index contributed by atoms with van der Waals surface area (Å²) < 4.78 is 29.6. The van der Waals surface area contributed by atoms with Gasteiger partial charge >= 0.3 is 23.5 Å². The number of hydrogen-bond donors (Lipinski definition) is 0. The third kappa shape index (κ3) is 4.83. The van der Waals surface area contributed by atoms with Crippen LogP contribution in [0.2, 0.25) is 0 Å². The van der Waals surface area contributed by atoms with E-state index in [0.29, 0.717) is 36.3 Å². The lowest BCUT2D eigenvalue weighted by molar-refractivity contribution is -0.203. The zero-order valence-electron chi connectivity index (χ0n) is 24.1. The number of aromatic nitrogens is 1. The van der Waals surface area contributed by atoms with Crippen molar-refractivity contribution in [3.05, 3.63) is 52.1 Å². The Balaban J connectivity index is 1.68. The summed E-state index contributed by atoms with van der Waals surface area (Å²) in [5.41, 5.74) is -1.44. The smallest absolute Gasteiger partial charge is 0.347 e. The molecule has 1 aliphatic heterocycles. The van der Waals surface area contributed by atoms with Gasteiger partial charge in [0.15, 0.2) is 5.60 Å². The number of ether oxygens (including phenoxy) is 4. The minimum atomic E-state index is -1.11. The first kappa shape index (κ1) is 28.6. The summed E-state index contributed by atoms with van der Waals surface area (Å²) in [6.45, 7) is 9.93. The van der Waals surface area contributed by atoms with Crippen LogP contribution in [0.1, 0.15) is 66.4 Å². The van der Waals surface area contributed by atoms with Gasteiger partial charge in [0, 0.05) is 50.2 Å². The van der Waals surface area contributed by atoms with Crippen LogP contribution in [0.5, 0.6) is 5.75 Å². The number of nitrogens with zero attached hydrogens (tertiary/aromatic N) is 1. The van der Waals surface area contributed by atoms with Gasteiger partial charge in [-0.2, -0.15) is 0 Å². The van der Waals surface area contributed by atoms with Crippen molar-refractivity contribution in [1.29, 1.82) is 0 Å². The largest absolute Gasteiger partial charge is 0.478 e. The standard InChI is InChI=1S/C31H35NO9/c1-17(33)37-16-30(5)24-14-27(39-19(3)35)31(6)25(29(24,4)10-9-26(30)38-18(2)34)12-21-23(41-31)13-22(40-28(21)36)20-8-7-11-32-15-20/h7-8,11-13,15,24,26-27H,9-10,14,16H2,1-6H3/t24-,26-,27-,29+,30+,31+/m1/s1. The van der Waals surface area contributed by atoms with Crippen molar-refractivity contribution in [2.75, 3.05) is 6.61 Å². The van der Waals surface area contributed by atoms with E-state index < -0.39 is 52.2 Å². The second-order valence-electron chi connectivity index (χ2n) is 11.9. The Bertz CT molecular complexity index is 1480. The van der Waals surface area contributed by atoms with Crippen molar-refractivity contribution in [2.24, 2.45) is 16.7 Å². The highest BCUT2D eigenvalue weighted by Gasteiger charge is 2.66. The van der Waals surface area contributed by atoms with Crippen LogP contribution in [0.3, 0.4) is 0 Å². The second-order valence-corrected chi connectivity index (χ2v) is 11.9. The molecule has 2 fully saturated rings. The van der Waals surface area contributed by atoms with E-state index >= 15 is 0 Å². The molecule has 0 bridgehead atoms. The summed E-state index contributed by atoms with van der Waals surface area (Å²) in [5, 5.41) is 0. The number of fused-ring (bicyclic) bond motifs is 4. The van der Waals surface area contributed by atoms with E-state index in [1.54, 1.807) is 36.7 Å². The molecule has 3 heterocycles. The van der Waals surface area contributed by atoms with Crippen LogP contribution in [-0.2, 0) is 28.6 Å². The SMILES string of the molecule is CC(=O)OC[C@]1(C)[C@H](OC(C)=O)CC[C@]2(C)C3=Cc4c(cc(-c5cccnc5)oc4=O)O[C@]3(C)[C@H](OC(C)=O)C[C@@H]12. The van der Waals surface area contributed by atoms with Gasteiger partial charge in [-0.05, 0) is 61.3 Å². The molecule has 10 heteroatoms. The van der Waals surface area contributed by atoms with Crippen molar-refractivity contribution < 1.29 is 37.7 Å². The van der Waals surface area contributed by atoms with Crippen molar-refractivity contribution in [2.45, 2.75) is 78.6 Å². The Labute approximate surface area is 238 Å². The number of hydrogen-bond acceptors (Lipinski definition) is 10. The summed E-state index contributed by atoms with van der Waals surface area (Å²) in [4.78, 5) is 53.8. The zero-order chi connectivity index (χ0) is 29.7. The number of esters is 3. The van der Waals surface area contributed by atoms with Crippen LogP contribution in [0.4, 0.5) is 0 Å². The fraction of sp³-hybridized carbons (Fsp3) is 0.516. The maximum atomic E-state index is 13.3. The fourth-order valence-electron chi connectivity index (χ4n) is 7.27. The molecule has 0 saturated heterocycles. The Morgan fingerprint density at radius 1 is 1.05 bits per heavy atom. The first-order chi connectivity index (χ1) is 19.3. The molecule has 2 saturated carbocycles. The molecule has 6 atom stereocenters. The lowest BCUT2D eigenvalue weighted by Crippen LogP contribution is -2.66. The van der Waals surface area contributed by atoms with Gasteiger partial charge in [0.2, 0.25) is 0 Å². The molecule has 0 aromatic carbocycles. The van der Waals surface area contributed by atoms with Crippen LogP contribution in [0.15, 0.2) is 45.4 Å². The number of carbonyl (C=O) groups excluding carboxylic acids is 3. The maximum Gasteiger partial charge on any atom is 0.347 e. The van der Waals surface area contributed by atoms with Crippen molar-refractivity contribution in [3.8, 4) is 17.1 Å². The van der Waals surface area contributed by atoms with Gasteiger partial charge in [0.05, 0.1) is 0 Å². The van der Waals surface area contributed by atoms with Crippen LogP contribution < -0.4 is 10.4 Å². The number of pyridine rings is 1. The molecule has 2 aromatic heterocycles. The normalized spacial score (nSPS) is 31.8. The van der Waals surface area contributed by atoms with E-state index in [-0.39, 0.29) is 18.1 Å². The first-order valence-electron chi connectivity index (χ1n) is 13.8. The van der Waals surface area contributed by atoms with E-state index in [1.807, 2.05) is 13.8 Å². The molecule has 10 nitrogen and oxygen atoms in total. The van der Waals surface area contributed by atoms with E-state index in [1.165, 1.54) is 20.8 Å². The Morgan fingerprint density at radius 3 is 2.39 bits per heavy atom. The van der Waals surface area contributed by atoms with Gasteiger partial charge in [-0.1, -0.05) is 13.8 Å². The highest BCUT2D eigenvalue weighted by molar-refractivity contribution is 5.71. The molecule has 5 rings (SSSR count). The van der Waals surface area contributed by atoms with Crippen LogP contribution in [0.25, 0.3) is 17.4 Å². The summed E-state index contributed by atoms with van der Waals surface area (Å²) >= 11 is 0. The molecular weight excluding hydrogens is 530 g/mol. The molecule has 0 N–H and O–H groups in total. The summed E-state index contributed by atoms with van der Waals surface area (Å²) in [7, 11) is 0. The molecular formula is C31H35NO9. The van der Waals surface area contributed by atoms with E-state index in [0.717, 1.165) is 5.57 Å². The highest BCUT2D eigenvalue weighted by atomic mass is 16.6. The lowest BCUT2D eigenvalue weighted by atomic mass is 9.45. The molecule has 218 valence electrons. The number of rotatable bonds is 5. The molecule has 0 radical (unpaired) electrons. The Hall–Kier alpha value is -3.95. The van der Waals surface area contributed by atoms with E-state index in [2.05, 4.69) is 11.9 Å². The predicted octanol–water partition coefficient (Wildman–Crippen LogP) is 4.49. The lowest BCUT2D eigenvalue weighted by Gasteiger charge is -2.63. The van der Waals surface area contributed by atoms with Gasteiger partial charge in [0.1, 0.15) is 35.9 Å². The monoisotopic (exact) mass is 565 g/mol. The minimum Gasteiger partial charge on any atom is -0.478 e. The van der Waals surface area contributed by atoms with Gasteiger partial charge < -0.3 is 23.4 Å². The molecule has 41 heavy (non-hydrogen) atoms. The van der Waals surface area contributed by atoms with Crippen LogP contribution >= 0.6 is 0 Å². The van der Waals surface area contributed by atoms with E-state index in [9.17, 15) is 19.2 Å². The maximum absolute atomic E-state index is 13.3. The van der Waals surface area contributed by atoms with Gasteiger partial charge in [-0.15, -0.1) is 0 Å². The summed E-state index contributed by atoms with van der Waals surface area (Å²) in [6.07, 6.45) is 5.18. The van der Waals surface area contributed by atoms with Gasteiger partial charge in [-0.3, -0.25) is 19.4 Å². The summed E-state index contributed by atoms with van der Waals surface area (Å²) in [5.74, 6) is -1.01. The molecule has 0 spiro atoms. The third-order valence-corrected chi connectivity index (χ3v) is 9.15. The predicted molar refractivity (Wildman–Crippen MR) is 147 cm³/mol. The number of carbonyl (C=O) groups is 3. The van der Waals surface area contributed by atoms with Gasteiger partial charge in [-0.25, -0.2) is 4.79 Å². The van der Waals surface area contributed by atoms with Crippen LogP contribution in [0, 0.1) is 16.7 Å². The molecule has 0 unspecified atom stereocenters. The first-order valence-corrected chi connectivity index (χ1v) is 13.8.